The molecule has 1 heterocycles. The fraction of sp³-hybridized carbons (Fsp3) is 0.667. The van der Waals surface area contributed by atoms with E-state index < -0.39 is 0 Å². The highest BCUT2D eigenvalue weighted by molar-refractivity contribution is 5.30. The molecule has 0 amide bonds. The highest BCUT2D eigenvalue weighted by Gasteiger charge is 2.37. The van der Waals surface area contributed by atoms with Crippen molar-refractivity contribution >= 4 is 0 Å². The monoisotopic (exact) mass is 230 g/mol. The molecule has 1 saturated carbocycles. The third-order valence-corrected chi connectivity index (χ3v) is 4.53. The van der Waals surface area contributed by atoms with Crippen molar-refractivity contribution in [3.8, 4) is 0 Å². The van der Waals surface area contributed by atoms with Gasteiger partial charge in [0.15, 0.2) is 0 Å². The maximum Gasteiger partial charge on any atom is 0.0482 e. The highest BCUT2D eigenvalue weighted by atomic mass is 14.9. The molecule has 2 heteroatoms. The molecule has 2 aliphatic rings. The molecular formula is C15H22N2. The van der Waals surface area contributed by atoms with E-state index in [0.717, 1.165) is 12.5 Å². The van der Waals surface area contributed by atoms with Crippen LogP contribution in [-0.2, 0) is 6.42 Å². The van der Waals surface area contributed by atoms with Crippen LogP contribution in [0.3, 0.4) is 0 Å². The van der Waals surface area contributed by atoms with Gasteiger partial charge in [0.25, 0.3) is 0 Å². The van der Waals surface area contributed by atoms with Crippen molar-refractivity contribution < 1.29 is 0 Å². The van der Waals surface area contributed by atoms with Crippen molar-refractivity contribution in [2.24, 2.45) is 5.92 Å². The zero-order valence-corrected chi connectivity index (χ0v) is 10.7. The predicted molar refractivity (Wildman–Crippen MR) is 70.1 cm³/mol. The molecule has 0 bridgehead atoms. The molecule has 2 atom stereocenters. The molecule has 2 nitrogen and oxygen atoms in total. The summed E-state index contributed by atoms with van der Waals surface area (Å²) in [6.07, 6.45) is 8.73. The largest absolute Gasteiger partial charge is 0.313 e. The van der Waals surface area contributed by atoms with Gasteiger partial charge in [0.05, 0.1) is 0 Å². The maximum atomic E-state index is 4.64. The van der Waals surface area contributed by atoms with Crippen LogP contribution < -0.4 is 5.32 Å². The third-order valence-electron chi connectivity index (χ3n) is 4.53. The zero-order chi connectivity index (χ0) is 11.7. The number of nitrogens with zero attached hydrogens (tertiary/aromatic N) is 1. The quantitative estimate of drug-likeness (QED) is 0.860. The molecule has 0 spiro atoms. The van der Waals surface area contributed by atoms with E-state index in [-0.39, 0.29) is 0 Å². The van der Waals surface area contributed by atoms with E-state index in [0.29, 0.717) is 12.0 Å². The first-order valence-electron chi connectivity index (χ1n) is 7.07. The van der Waals surface area contributed by atoms with Crippen LogP contribution in [0.15, 0.2) is 18.3 Å². The molecule has 1 aromatic rings. The molecule has 1 N–H and O–H groups in total. The van der Waals surface area contributed by atoms with Crippen LogP contribution in [-0.4, -0.2) is 17.6 Å². The Morgan fingerprint density at radius 1 is 1.41 bits per heavy atom. The topological polar surface area (TPSA) is 24.9 Å². The molecule has 2 unspecified atom stereocenters. The summed E-state index contributed by atoms with van der Waals surface area (Å²) in [5.74, 6) is 1.56. The Balaban J connectivity index is 1.82. The van der Waals surface area contributed by atoms with Gasteiger partial charge in [-0.25, -0.2) is 0 Å². The average molecular weight is 230 g/mol. The third kappa shape index (κ3) is 1.99. The van der Waals surface area contributed by atoms with Crippen LogP contribution in [0, 0.1) is 5.92 Å². The minimum absolute atomic E-state index is 0.663. The molecule has 0 radical (unpaired) electrons. The summed E-state index contributed by atoms with van der Waals surface area (Å²) in [4.78, 5) is 4.64. The molecule has 0 aliphatic heterocycles. The Kier molecular flexibility index (Phi) is 3.15. The summed E-state index contributed by atoms with van der Waals surface area (Å²) < 4.78 is 0. The second-order valence-corrected chi connectivity index (χ2v) is 5.47. The number of pyridine rings is 1. The van der Waals surface area contributed by atoms with Crippen LogP contribution in [0.1, 0.15) is 49.8 Å². The number of aryl methyl sites for hydroxylation is 1. The lowest BCUT2D eigenvalue weighted by atomic mass is 9.74. The lowest BCUT2D eigenvalue weighted by Gasteiger charge is -2.38. The molecule has 92 valence electrons. The van der Waals surface area contributed by atoms with Crippen molar-refractivity contribution in [2.75, 3.05) is 6.54 Å². The van der Waals surface area contributed by atoms with Crippen LogP contribution in [0.2, 0.25) is 0 Å². The van der Waals surface area contributed by atoms with Gasteiger partial charge in [0.1, 0.15) is 0 Å². The van der Waals surface area contributed by atoms with Crippen molar-refractivity contribution in [1.29, 1.82) is 0 Å². The Morgan fingerprint density at radius 3 is 3.00 bits per heavy atom. The number of fused-ring (bicyclic) bond motifs is 1. The lowest BCUT2D eigenvalue weighted by molar-refractivity contribution is 0.203. The summed E-state index contributed by atoms with van der Waals surface area (Å²) in [7, 11) is 0. The first-order chi connectivity index (χ1) is 8.40. The van der Waals surface area contributed by atoms with Crippen LogP contribution in [0.5, 0.6) is 0 Å². The first-order valence-corrected chi connectivity index (χ1v) is 7.07. The number of rotatable bonds is 4. The molecule has 0 saturated heterocycles. The van der Waals surface area contributed by atoms with Gasteiger partial charge < -0.3 is 5.32 Å². The van der Waals surface area contributed by atoms with Gasteiger partial charge in [0.2, 0.25) is 0 Å². The maximum absolute atomic E-state index is 4.64. The molecule has 3 rings (SSSR count). The molecule has 0 aromatic carbocycles. The minimum atomic E-state index is 0.663. The molecular weight excluding hydrogens is 208 g/mol. The number of hydrogen-bond donors (Lipinski definition) is 1. The van der Waals surface area contributed by atoms with Gasteiger partial charge in [0, 0.05) is 23.9 Å². The van der Waals surface area contributed by atoms with E-state index in [9.17, 15) is 0 Å². The summed E-state index contributed by atoms with van der Waals surface area (Å²) in [5, 5.41) is 3.73. The second-order valence-electron chi connectivity index (χ2n) is 5.47. The molecule has 1 fully saturated rings. The Bertz CT molecular complexity index is 384. The van der Waals surface area contributed by atoms with E-state index in [1.54, 1.807) is 0 Å². The van der Waals surface area contributed by atoms with Gasteiger partial charge in [-0.05, 0) is 49.8 Å². The predicted octanol–water partition coefficient (Wildman–Crippen LogP) is 2.89. The summed E-state index contributed by atoms with van der Waals surface area (Å²) in [6.45, 7) is 3.31. The Labute approximate surface area is 104 Å². The Hall–Kier alpha value is -0.890. The minimum Gasteiger partial charge on any atom is -0.313 e. The summed E-state index contributed by atoms with van der Waals surface area (Å²) >= 11 is 0. The summed E-state index contributed by atoms with van der Waals surface area (Å²) in [5.41, 5.74) is 2.87. The van der Waals surface area contributed by atoms with E-state index in [1.165, 1.54) is 43.4 Å². The van der Waals surface area contributed by atoms with Crippen LogP contribution in [0.4, 0.5) is 0 Å². The standard InChI is InChI=1S/C15H22N2/c1-2-16-14(11-5-3-6-11)13-9-8-12-7-4-10-17-15(12)13/h4,7,10-11,13-14,16H,2-3,5-6,8-9H2,1H3. The van der Waals surface area contributed by atoms with Crippen molar-refractivity contribution in [1.82, 2.24) is 10.3 Å². The van der Waals surface area contributed by atoms with E-state index in [1.807, 2.05) is 6.20 Å². The van der Waals surface area contributed by atoms with Gasteiger partial charge >= 0.3 is 0 Å². The molecule has 17 heavy (non-hydrogen) atoms. The first kappa shape index (κ1) is 11.2. The molecule has 1 aromatic heterocycles. The second kappa shape index (κ2) is 4.77. The fourth-order valence-electron chi connectivity index (χ4n) is 3.47. The number of likely N-dealkylation sites (N-methyl/N-ethyl adjacent to an activating group) is 1. The van der Waals surface area contributed by atoms with Crippen LogP contribution >= 0.6 is 0 Å². The van der Waals surface area contributed by atoms with Crippen molar-refractivity contribution in [3.05, 3.63) is 29.6 Å². The lowest BCUT2D eigenvalue weighted by Crippen LogP contribution is -2.43. The zero-order valence-electron chi connectivity index (χ0n) is 10.7. The SMILES string of the molecule is CCNC(C1CCC1)C1CCc2cccnc21. The average Bonchev–Trinajstić information content (AvgIpc) is 2.69. The van der Waals surface area contributed by atoms with Gasteiger partial charge in [-0.1, -0.05) is 19.4 Å². The van der Waals surface area contributed by atoms with Crippen molar-refractivity contribution in [2.45, 2.75) is 51.0 Å². The van der Waals surface area contributed by atoms with Crippen molar-refractivity contribution in [3.63, 3.8) is 0 Å². The van der Waals surface area contributed by atoms with E-state index >= 15 is 0 Å². The normalized spacial score (nSPS) is 25.4. The smallest absolute Gasteiger partial charge is 0.0482 e. The van der Waals surface area contributed by atoms with E-state index in [4.69, 9.17) is 0 Å². The Morgan fingerprint density at radius 2 is 2.29 bits per heavy atom. The summed E-state index contributed by atoms with van der Waals surface area (Å²) in [6, 6.07) is 5.00. The number of hydrogen-bond acceptors (Lipinski definition) is 2. The number of nitrogens with one attached hydrogen (secondary N) is 1. The van der Waals surface area contributed by atoms with Gasteiger partial charge in [-0.3, -0.25) is 4.98 Å². The van der Waals surface area contributed by atoms with E-state index in [2.05, 4.69) is 29.4 Å². The highest BCUT2D eigenvalue weighted by Crippen LogP contribution is 2.41. The number of aromatic nitrogens is 1. The fourth-order valence-corrected chi connectivity index (χ4v) is 3.47. The van der Waals surface area contributed by atoms with Crippen LogP contribution in [0.25, 0.3) is 0 Å². The van der Waals surface area contributed by atoms with Gasteiger partial charge in [-0.2, -0.15) is 0 Å². The van der Waals surface area contributed by atoms with Gasteiger partial charge in [-0.15, -0.1) is 0 Å². The molecule has 2 aliphatic carbocycles.